The minimum Gasteiger partial charge on any atom is -0.492 e. The molecule has 7 nitrogen and oxygen atoms in total. The summed E-state index contributed by atoms with van der Waals surface area (Å²) in [5.41, 5.74) is -0.508. The van der Waals surface area contributed by atoms with E-state index in [9.17, 15) is 9.00 Å². The van der Waals surface area contributed by atoms with Gasteiger partial charge in [0, 0.05) is 56.9 Å². The quantitative estimate of drug-likeness (QED) is 0.347. The van der Waals surface area contributed by atoms with Gasteiger partial charge < -0.3 is 19.7 Å². The minimum atomic E-state index is -0.972. The Labute approximate surface area is 229 Å². The third-order valence-corrected chi connectivity index (χ3v) is 6.38. The molecular formula is C26H33BrClN3O4S. The molecule has 10 heteroatoms. The van der Waals surface area contributed by atoms with Crippen LogP contribution in [0.2, 0.25) is 5.02 Å². The van der Waals surface area contributed by atoms with E-state index in [0.717, 1.165) is 25.9 Å². The monoisotopic (exact) mass is 597 g/mol. The second-order valence-corrected chi connectivity index (χ2v) is 11.5. The number of nitrogens with zero attached hydrogens (tertiary/aromatic N) is 2. The first kappa shape index (κ1) is 30.0. The van der Waals surface area contributed by atoms with E-state index in [1.807, 2.05) is 46.0 Å². The van der Waals surface area contributed by atoms with E-state index in [1.165, 1.54) is 0 Å². The van der Waals surface area contributed by atoms with Gasteiger partial charge in [0.2, 0.25) is 0 Å². The number of nitrogens with one attached hydrogen (secondary N) is 1. The molecule has 1 atom stereocenters. The predicted octanol–water partition coefficient (Wildman–Crippen LogP) is 5.91. The lowest BCUT2D eigenvalue weighted by Crippen LogP contribution is -2.42. The molecule has 0 radical (unpaired) electrons. The van der Waals surface area contributed by atoms with Crippen molar-refractivity contribution in [2.24, 2.45) is 0 Å². The molecule has 3 rings (SSSR count). The molecule has 36 heavy (non-hydrogen) atoms. The van der Waals surface area contributed by atoms with Crippen LogP contribution in [0.4, 0.5) is 4.79 Å². The van der Waals surface area contributed by atoms with Crippen molar-refractivity contribution in [1.29, 1.82) is 0 Å². The first-order valence-corrected chi connectivity index (χ1v) is 14.1. The first-order valence-electron chi connectivity index (χ1n) is 11.4. The number of fused-ring (bicyclic) bond motifs is 1. The van der Waals surface area contributed by atoms with Crippen molar-refractivity contribution in [3.05, 3.63) is 64.4 Å². The highest BCUT2D eigenvalue weighted by molar-refractivity contribution is 9.10. The molecule has 0 aliphatic carbocycles. The Balaban J connectivity index is 0.000000278. The van der Waals surface area contributed by atoms with E-state index < -0.39 is 16.4 Å². The zero-order valence-electron chi connectivity index (χ0n) is 21.2. The third kappa shape index (κ3) is 10.4. The lowest BCUT2D eigenvalue weighted by Gasteiger charge is -2.27. The molecule has 0 unspecified atom stereocenters. The third-order valence-electron chi connectivity index (χ3n) is 4.72. The van der Waals surface area contributed by atoms with Gasteiger partial charge in [-0.3, -0.25) is 9.19 Å². The van der Waals surface area contributed by atoms with Crippen molar-refractivity contribution in [2.75, 3.05) is 39.5 Å². The van der Waals surface area contributed by atoms with E-state index >= 15 is 0 Å². The van der Waals surface area contributed by atoms with Crippen LogP contribution in [0.25, 0.3) is 10.8 Å². The number of benzene rings is 2. The number of aromatic nitrogens is 1. The fraction of sp³-hybridized carbons (Fsp3) is 0.385. The van der Waals surface area contributed by atoms with E-state index in [0.29, 0.717) is 31.3 Å². The molecule has 0 aliphatic heterocycles. The summed E-state index contributed by atoms with van der Waals surface area (Å²) in [6.45, 7) is 7.67. The second kappa shape index (κ2) is 14.5. The number of halogens is 2. The van der Waals surface area contributed by atoms with Crippen LogP contribution >= 0.6 is 27.5 Å². The normalized spacial score (nSPS) is 11.9. The Morgan fingerprint density at radius 3 is 2.47 bits per heavy atom. The lowest BCUT2D eigenvalue weighted by atomic mass is 10.2. The maximum absolute atomic E-state index is 12.2. The zero-order chi connectivity index (χ0) is 26.7. The number of hydrogen-bond acceptors (Lipinski definition) is 6. The number of ether oxygens (including phenoxy) is 2. The van der Waals surface area contributed by atoms with Crippen LogP contribution in [-0.2, 0) is 15.5 Å². The number of rotatable bonds is 8. The van der Waals surface area contributed by atoms with Crippen molar-refractivity contribution < 1.29 is 18.5 Å². The van der Waals surface area contributed by atoms with Gasteiger partial charge in [-0.1, -0.05) is 27.5 Å². The van der Waals surface area contributed by atoms with Crippen molar-refractivity contribution in [3.63, 3.8) is 0 Å². The summed E-state index contributed by atoms with van der Waals surface area (Å²) in [5.74, 6) is 0.724. The summed E-state index contributed by atoms with van der Waals surface area (Å²) in [4.78, 5) is 18.7. The number of carbonyl (C=O) groups is 1. The molecule has 1 aromatic heterocycles. The molecule has 0 spiro atoms. The molecular weight excluding hydrogens is 566 g/mol. The topological polar surface area (TPSA) is 80.8 Å². The van der Waals surface area contributed by atoms with Gasteiger partial charge in [0.25, 0.3) is 0 Å². The van der Waals surface area contributed by atoms with E-state index in [4.69, 9.17) is 21.1 Å². The van der Waals surface area contributed by atoms with Crippen LogP contribution in [0.5, 0.6) is 5.75 Å². The van der Waals surface area contributed by atoms with Gasteiger partial charge in [-0.15, -0.1) is 0 Å². The van der Waals surface area contributed by atoms with Crippen molar-refractivity contribution >= 4 is 55.2 Å². The zero-order valence-corrected chi connectivity index (χ0v) is 24.4. The van der Waals surface area contributed by atoms with E-state index in [-0.39, 0.29) is 6.09 Å². The maximum atomic E-state index is 12.2. The number of amides is 1. The SMILES string of the molecule is CNCCN(CCOc1ccc(Cl)cc1)C(=O)OC(C)(C)C.C[S@@](=O)c1cc(Br)cc2cnccc12. The summed E-state index contributed by atoms with van der Waals surface area (Å²) in [5, 5.41) is 5.70. The van der Waals surface area contributed by atoms with Gasteiger partial charge in [0.1, 0.15) is 18.0 Å². The van der Waals surface area contributed by atoms with E-state index in [1.54, 1.807) is 47.8 Å². The van der Waals surface area contributed by atoms with E-state index in [2.05, 4.69) is 26.2 Å². The van der Waals surface area contributed by atoms with Gasteiger partial charge in [-0.25, -0.2) is 4.79 Å². The number of likely N-dealkylation sites (N-methyl/N-ethyl adjacent to an activating group) is 1. The summed E-state index contributed by atoms with van der Waals surface area (Å²) < 4.78 is 23.4. The Bertz CT molecular complexity index is 1160. The lowest BCUT2D eigenvalue weighted by molar-refractivity contribution is 0.0229. The highest BCUT2D eigenvalue weighted by atomic mass is 79.9. The summed E-state index contributed by atoms with van der Waals surface area (Å²) in [6.07, 6.45) is 4.84. The molecule has 0 aliphatic rings. The molecule has 0 bridgehead atoms. The number of hydrogen-bond donors (Lipinski definition) is 1. The molecule has 3 aromatic rings. The second-order valence-electron chi connectivity index (χ2n) is 8.83. The Hall–Kier alpha value is -2.20. The molecule has 1 N–H and O–H groups in total. The van der Waals surface area contributed by atoms with Crippen LogP contribution in [0.3, 0.4) is 0 Å². The van der Waals surface area contributed by atoms with Crippen LogP contribution in [0.1, 0.15) is 20.8 Å². The van der Waals surface area contributed by atoms with Gasteiger partial charge >= 0.3 is 6.09 Å². The number of pyridine rings is 1. The van der Waals surface area contributed by atoms with Crippen LogP contribution < -0.4 is 10.1 Å². The molecule has 0 fully saturated rings. The van der Waals surface area contributed by atoms with Crippen LogP contribution in [0, 0.1) is 0 Å². The molecule has 0 saturated carbocycles. The van der Waals surface area contributed by atoms with Crippen LogP contribution in [-0.4, -0.2) is 65.3 Å². The van der Waals surface area contributed by atoms with Gasteiger partial charge in [0.05, 0.1) is 17.3 Å². The standard InChI is InChI=1S/C16H25ClN2O3.C10H8BrNOS/c1-16(2,3)22-15(20)19(10-9-18-4)11-12-21-14-7-5-13(17)6-8-14;1-14(13)10-5-8(11)4-7-6-12-3-2-9(7)10/h5-8,18H,9-12H2,1-4H3;2-6H,1H3/t;14-/m.1/s1. The molecule has 2 aromatic carbocycles. The highest BCUT2D eigenvalue weighted by Crippen LogP contribution is 2.25. The fourth-order valence-electron chi connectivity index (χ4n) is 3.05. The molecule has 1 amide bonds. The summed E-state index contributed by atoms with van der Waals surface area (Å²) in [6, 6.07) is 12.9. The smallest absolute Gasteiger partial charge is 0.410 e. The number of carbonyl (C=O) groups excluding carboxylic acids is 1. The van der Waals surface area contributed by atoms with Crippen molar-refractivity contribution in [2.45, 2.75) is 31.3 Å². The largest absolute Gasteiger partial charge is 0.492 e. The fourth-order valence-corrected chi connectivity index (χ4v) is 4.59. The maximum Gasteiger partial charge on any atom is 0.410 e. The van der Waals surface area contributed by atoms with Crippen molar-refractivity contribution in [3.8, 4) is 5.75 Å². The summed E-state index contributed by atoms with van der Waals surface area (Å²) in [7, 11) is 0.873. The molecule has 0 saturated heterocycles. The highest BCUT2D eigenvalue weighted by Gasteiger charge is 2.21. The molecule has 196 valence electrons. The Morgan fingerprint density at radius 1 is 1.17 bits per heavy atom. The van der Waals surface area contributed by atoms with Crippen LogP contribution in [0.15, 0.2) is 64.2 Å². The molecule has 1 heterocycles. The average Bonchev–Trinajstić information content (AvgIpc) is 2.81. The van der Waals surface area contributed by atoms with Gasteiger partial charge in [-0.2, -0.15) is 0 Å². The van der Waals surface area contributed by atoms with Gasteiger partial charge in [-0.05, 0) is 70.3 Å². The minimum absolute atomic E-state index is 0.331. The summed E-state index contributed by atoms with van der Waals surface area (Å²) >= 11 is 9.21. The predicted molar refractivity (Wildman–Crippen MR) is 150 cm³/mol. The Morgan fingerprint density at radius 2 is 1.86 bits per heavy atom. The first-order chi connectivity index (χ1) is 17.0. The van der Waals surface area contributed by atoms with Crippen molar-refractivity contribution in [1.82, 2.24) is 15.2 Å². The van der Waals surface area contributed by atoms with Gasteiger partial charge in [0.15, 0.2) is 0 Å². The average molecular weight is 599 g/mol. The Kier molecular flexibility index (Phi) is 12.1.